The van der Waals surface area contributed by atoms with Crippen molar-refractivity contribution < 1.29 is 131 Å². The van der Waals surface area contributed by atoms with Gasteiger partial charge in [0.25, 0.3) is 0 Å². The van der Waals surface area contributed by atoms with E-state index in [1.165, 1.54) is 105 Å². The zero-order valence-corrected chi connectivity index (χ0v) is 105. The first kappa shape index (κ1) is 142. The molecule has 4 radical (unpaired) electrons. The van der Waals surface area contributed by atoms with Gasteiger partial charge >= 0.3 is 0 Å². The Morgan fingerprint density at radius 1 is 0.188 bits per heavy atom. The maximum absolute atomic E-state index is 4.87. The maximum Gasteiger partial charge on any atom is 0.0130 e. The van der Waals surface area contributed by atoms with Gasteiger partial charge < -0.3 is 19.9 Å². The van der Waals surface area contributed by atoms with Crippen molar-refractivity contribution in [2.75, 3.05) is 0 Å². The van der Waals surface area contributed by atoms with E-state index in [4.69, 9.17) is 19.9 Å². The average molecular weight is 2220 g/mol. The van der Waals surface area contributed by atoms with E-state index in [0.29, 0.717) is 25.7 Å². The summed E-state index contributed by atoms with van der Waals surface area (Å²) in [5.74, 6) is 0. The van der Waals surface area contributed by atoms with Gasteiger partial charge in [0.05, 0.1) is 0 Å². The van der Waals surface area contributed by atoms with E-state index in [1.807, 2.05) is 220 Å². The number of benzene rings is 16. The van der Waals surface area contributed by atoms with Crippen molar-refractivity contribution >= 4 is 130 Å². The minimum absolute atomic E-state index is 0. The fourth-order valence-corrected chi connectivity index (χ4v) is 13.2. The predicted molar refractivity (Wildman–Crippen MR) is 624 cm³/mol. The summed E-state index contributed by atoms with van der Waals surface area (Å²) in [6.45, 7) is 66.0. The second-order valence-electron chi connectivity index (χ2n) is 30.3. The van der Waals surface area contributed by atoms with Crippen molar-refractivity contribution in [2.24, 2.45) is 0 Å². The quantitative estimate of drug-likeness (QED) is 0.109. The summed E-state index contributed by atoms with van der Waals surface area (Å²) in [6, 6.07) is 113. The molecule has 0 saturated heterocycles. The molecule has 0 atom stereocenters. The molecule has 0 amide bonds. The second-order valence-corrected chi connectivity index (χ2v) is 30.3. The van der Waals surface area contributed by atoms with E-state index in [2.05, 4.69) is 362 Å². The molecule has 0 aliphatic carbocycles. The van der Waals surface area contributed by atoms with Crippen molar-refractivity contribution in [1.82, 2.24) is 39.9 Å². The Kier molecular flexibility index (Phi) is 88.1. The number of hydrogen-bond acceptors (Lipinski definition) is 8. The topological polar surface area (TPSA) is 103 Å². The van der Waals surface area contributed by atoms with Crippen LogP contribution in [0.25, 0.3) is 130 Å². The summed E-state index contributed by atoms with van der Waals surface area (Å²) >= 11 is 0. The first-order valence-corrected chi connectivity index (χ1v) is 52.6. The van der Waals surface area contributed by atoms with Gasteiger partial charge in [-0.2, -0.15) is 47.5 Å². The molecule has 20 rings (SSSR count). The molecule has 144 heavy (non-hydrogen) atoms. The molecule has 0 bridgehead atoms. The summed E-state index contributed by atoms with van der Waals surface area (Å²) in [6.07, 6.45) is 25.2. The van der Waals surface area contributed by atoms with Crippen LogP contribution in [0.4, 0.5) is 0 Å². The van der Waals surface area contributed by atoms with Crippen LogP contribution in [0.15, 0.2) is 291 Å². The molecule has 756 valence electrons. The number of nitrogens with zero attached hydrogens (tertiary/aromatic N) is 8. The normalized spacial score (nSPS) is 9.22. The molecule has 0 unspecified atom stereocenters. The Labute approximate surface area is 973 Å². The largest absolute Gasteiger partial charge is 0.448 e. The molecule has 20 aromatic rings. The van der Waals surface area contributed by atoms with Crippen molar-refractivity contribution in [3.8, 4) is 0 Å². The number of fused-ring (bicyclic) bond motifs is 16. The Hall–Kier alpha value is -8.62. The van der Waals surface area contributed by atoms with Crippen LogP contribution in [0.2, 0.25) is 0 Å². The zero-order chi connectivity index (χ0) is 104. The Bertz CT molecular complexity index is 6610. The molecule has 0 spiro atoms. The minimum Gasteiger partial charge on any atom is -0.448 e. The Balaban J connectivity index is -0.000000801. The third-order valence-electron chi connectivity index (χ3n) is 18.2. The first-order valence-electron chi connectivity index (χ1n) is 52.6. The average Bonchev–Trinajstić information content (AvgIpc) is 0.769. The van der Waals surface area contributed by atoms with Gasteiger partial charge in [0.2, 0.25) is 0 Å². The van der Waals surface area contributed by atoms with Crippen molar-refractivity contribution in [2.45, 2.75) is 299 Å². The molecule has 12 heteroatoms. The number of aromatic nitrogens is 8. The molecule has 0 N–H and O–H groups in total. The molecule has 16 aromatic carbocycles. The summed E-state index contributed by atoms with van der Waals surface area (Å²) in [7, 11) is 0. The molecule has 0 saturated carbocycles. The summed E-state index contributed by atoms with van der Waals surface area (Å²) in [5.41, 5.74) is 15.1. The van der Waals surface area contributed by atoms with Gasteiger partial charge in [-0.3, -0.25) is 19.9 Å². The summed E-state index contributed by atoms with van der Waals surface area (Å²) in [4.78, 5) is 37.4. The minimum atomic E-state index is 0. The fourth-order valence-electron chi connectivity index (χ4n) is 13.2. The molecular formula is C132H168N8Y4-8. The molecule has 0 aliphatic rings. The molecule has 0 fully saturated rings. The van der Waals surface area contributed by atoms with E-state index >= 15 is 0 Å². The molecule has 0 aliphatic heterocycles. The zero-order valence-electron chi connectivity index (χ0n) is 94.1. The molecule has 4 heterocycles. The fraction of sp³-hybridized carbons (Fsp3) is 0.333. The molecule has 4 aromatic heterocycles. The monoisotopic (exact) mass is 2220 g/mol. The van der Waals surface area contributed by atoms with Gasteiger partial charge in [-0.05, 0) is 80.8 Å². The van der Waals surface area contributed by atoms with E-state index in [1.54, 1.807) is 0 Å². The van der Waals surface area contributed by atoms with Crippen molar-refractivity contribution in [3.63, 3.8) is 0 Å². The first-order chi connectivity index (χ1) is 68.8. The number of rotatable bonds is 8. The maximum atomic E-state index is 4.87. The van der Waals surface area contributed by atoms with Gasteiger partial charge in [-0.1, -0.05) is 500 Å². The van der Waals surface area contributed by atoms with Gasteiger partial charge in [-0.25, -0.2) is 0 Å². The van der Waals surface area contributed by atoms with Gasteiger partial charge in [0.1, 0.15) is 0 Å². The third-order valence-corrected chi connectivity index (χ3v) is 18.2. The number of hydrogen-bond donors (Lipinski definition) is 0. The molecular weight excluding hydrogens is 2050 g/mol. The van der Waals surface area contributed by atoms with Crippen LogP contribution in [0.3, 0.4) is 0 Å². The Morgan fingerprint density at radius 3 is 0.688 bits per heavy atom. The van der Waals surface area contributed by atoms with Crippen molar-refractivity contribution in [3.05, 3.63) is 385 Å². The Morgan fingerprint density at radius 2 is 0.396 bits per heavy atom. The van der Waals surface area contributed by atoms with Crippen LogP contribution in [-0.2, 0) is 157 Å². The van der Waals surface area contributed by atoms with Crippen molar-refractivity contribution in [1.29, 1.82) is 0 Å². The predicted octanol–water partition coefficient (Wildman–Crippen LogP) is 40.0. The SMILES string of the molecule is CC.CC.CC.CC.CC.CC.CC.CC.CCC.CCC.CCC.CCC.CCC.CCC.CCC.CCC.[Y].[Y].[Y].[Y].[c-]1nc2c(ccc3ccccc32)nc1Cc1[c-]c2ccccc2cc1.[c-]1nc2c(ccc3ccccc32)nc1Cc1[c-]ccc2ccccc12.[c-]1nc2ccc3ccccc3c2nc1Cc1[c-]c2ccccc2cc1.[c-]1nc2ccc3ccccc3c2nc1Cc1[c-]ccc2ccccc12. The van der Waals surface area contributed by atoms with Crippen LogP contribution in [0.5, 0.6) is 0 Å². The van der Waals surface area contributed by atoms with Gasteiger partial charge in [0.15, 0.2) is 0 Å². The van der Waals surface area contributed by atoms with Crippen LogP contribution in [0.1, 0.15) is 318 Å². The van der Waals surface area contributed by atoms with E-state index in [0.717, 1.165) is 121 Å². The smallest absolute Gasteiger partial charge is 0.0130 e. The third kappa shape index (κ3) is 47.7. The summed E-state index contributed by atoms with van der Waals surface area (Å²) < 4.78 is 0. The second kappa shape index (κ2) is 89.6. The van der Waals surface area contributed by atoms with Crippen LogP contribution >= 0.6 is 0 Å². The van der Waals surface area contributed by atoms with E-state index in [9.17, 15) is 0 Å². The van der Waals surface area contributed by atoms with Crippen LogP contribution in [-0.4, -0.2) is 39.9 Å². The van der Waals surface area contributed by atoms with E-state index < -0.39 is 0 Å². The summed E-state index contributed by atoms with van der Waals surface area (Å²) in [5, 5.41) is 18.7. The molecule has 8 nitrogen and oxygen atoms in total. The van der Waals surface area contributed by atoms with Crippen LogP contribution in [0, 0.1) is 49.1 Å². The van der Waals surface area contributed by atoms with Gasteiger partial charge in [0, 0.05) is 153 Å². The van der Waals surface area contributed by atoms with E-state index in [-0.39, 0.29) is 131 Å². The van der Waals surface area contributed by atoms with Gasteiger partial charge in [-0.15, -0.1) is 164 Å². The standard InChI is InChI=1S/4C23H14N2.8C3H8.8C2H6.4Y/c1-3-10-20-16(6-1)8-5-9-18(20)14-19-15-24-23-21-11-4-2-7-17(21)12-13-22(23)25-19;1-3-10-20-16(6-1)8-5-9-18(20)14-19-15-24-22-13-12-17-7-2-4-11-21(17)23(22)25-19;1-2-7-19-13-16(9-10-17(19)5-1)14-20-15-24-23-21-8-4-3-6-18(21)11-12-22(23)25-20;1-2-7-19-13-16(9-10-17(19)5-1)14-20-15-24-22-12-11-18-6-3-4-8-21(18)23(22)25-20;8*1-3-2;8*1-2;;;;/h2*1-8,10-13H,14H2;2*1-12H,14H2;8*3H2,1-2H3;8*1-2H3;;;;/q4*-2;;;;;;;;;;;;;;;;;;;;. The van der Waals surface area contributed by atoms with Crippen LogP contribution < -0.4 is 0 Å².